The average Bonchev–Trinajstić information content (AvgIpc) is 3.63. The van der Waals surface area contributed by atoms with Gasteiger partial charge in [-0.05, 0) is 38.0 Å². The summed E-state index contributed by atoms with van der Waals surface area (Å²) in [5.41, 5.74) is 0.586. The number of amides is 1. The van der Waals surface area contributed by atoms with Crippen molar-refractivity contribution in [2.24, 2.45) is 0 Å². The zero-order chi connectivity index (χ0) is 25.1. The number of carbonyl (C=O) groups is 1. The van der Waals surface area contributed by atoms with Crippen LogP contribution in [-0.4, -0.2) is 53.9 Å². The molecule has 10 nitrogen and oxygen atoms in total. The molecule has 0 aliphatic carbocycles. The fraction of sp³-hybridized carbons (Fsp3) is 0.458. The zero-order valence-corrected chi connectivity index (χ0v) is 20.2. The van der Waals surface area contributed by atoms with E-state index in [1.165, 1.54) is 7.11 Å². The Morgan fingerprint density at radius 3 is 2.65 bits per heavy atom. The molecule has 1 aromatic heterocycles. The zero-order valence-electron chi connectivity index (χ0n) is 20.2. The smallest absolute Gasteiger partial charge is 0.366 e. The van der Waals surface area contributed by atoms with E-state index in [0.29, 0.717) is 37.0 Å². The lowest BCUT2D eigenvalue weighted by atomic mass is 10.1. The Morgan fingerprint density at radius 1 is 1.32 bits per heavy atom. The van der Waals surface area contributed by atoms with Crippen LogP contribution in [0.5, 0.6) is 5.75 Å². The number of rotatable bonds is 7. The molecule has 2 aliphatic rings. The Bertz CT molecular complexity index is 995. The van der Waals surface area contributed by atoms with Gasteiger partial charge in [0.25, 0.3) is 5.91 Å². The van der Waals surface area contributed by atoms with Gasteiger partial charge in [0.05, 0.1) is 17.4 Å². The molecule has 0 saturated carbocycles. The molecule has 34 heavy (non-hydrogen) atoms. The van der Waals surface area contributed by atoms with Crippen molar-refractivity contribution in [1.82, 2.24) is 10.1 Å². The van der Waals surface area contributed by atoms with Gasteiger partial charge in [0.1, 0.15) is 29.5 Å². The summed E-state index contributed by atoms with van der Waals surface area (Å²) in [6, 6.07) is 4.99. The summed E-state index contributed by atoms with van der Waals surface area (Å²) in [7, 11) is 1.44. The predicted octanol–water partition coefficient (Wildman–Crippen LogP) is 3.09. The molecule has 10 heteroatoms. The summed E-state index contributed by atoms with van der Waals surface area (Å²) in [6.45, 7) is 7.84. The number of hydrogen-bond acceptors (Lipinski definition) is 8. The lowest BCUT2D eigenvalue weighted by molar-refractivity contribution is -1.01. The fourth-order valence-corrected chi connectivity index (χ4v) is 3.58. The Morgan fingerprint density at radius 2 is 2.03 bits per heavy atom. The summed E-state index contributed by atoms with van der Waals surface area (Å²) in [6.07, 6.45) is 13.0. The number of ether oxygens (including phenoxy) is 1. The van der Waals surface area contributed by atoms with E-state index in [9.17, 15) is 9.90 Å². The van der Waals surface area contributed by atoms with Gasteiger partial charge in [0.15, 0.2) is 5.75 Å². The van der Waals surface area contributed by atoms with Crippen molar-refractivity contribution in [3.8, 4) is 18.6 Å². The molecule has 3 heterocycles. The number of phenolic OH excluding ortho intramolecular Hbond substituents is 1. The molecule has 1 unspecified atom stereocenters. The minimum Gasteiger partial charge on any atom is -0.505 e. The number of phenols is 1. The first-order chi connectivity index (χ1) is 16.6. The lowest BCUT2D eigenvalue weighted by Gasteiger charge is -2.17. The van der Waals surface area contributed by atoms with E-state index in [4.69, 9.17) is 14.2 Å². The third-order valence-electron chi connectivity index (χ3n) is 5.15. The van der Waals surface area contributed by atoms with Crippen LogP contribution in [0.3, 0.4) is 0 Å². The molecule has 1 amide bonds. The van der Waals surface area contributed by atoms with E-state index in [-0.39, 0.29) is 23.3 Å². The highest BCUT2D eigenvalue weighted by molar-refractivity contribution is 5.99. The van der Waals surface area contributed by atoms with Crippen molar-refractivity contribution in [3.05, 3.63) is 35.6 Å². The van der Waals surface area contributed by atoms with Crippen LogP contribution in [-0.2, 0) is 4.74 Å². The molecular formula is C24H34N5O5+. The third kappa shape index (κ3) is 6.13. The molecular weight excluding hydrogens is 438 g/mol. The molecule has 1 aromatic carbocycles. The maximum absolute atomic E-state index is 12.7. The first-order valence-electron chi connectivity index (χ1n) is 11.3. The molecule has 0 spiro atoms. The number of carbonyl (C=O) groups excluding carboxylic acids is 1. The van der Waals surface area contributed by atoms with E-state index < -0.39 is 0 Å². The van der Waals surface area contributed by atoms with Gasteiger partial charge in [-0.2, -0.15) is 0 Å². The minimum atomic E-state index is -0.182. The predicted molar refractivity (Wildman–Crippen MR) is 129 cm³/mol. The van der Waals surface area contributed by atoms with Gasteiger partial charge >= 0.3 is 11.6 Å². The third-order valence-corrected chi connectivity index (χ3v) is 5.15. The lowest BCUT2D eigenvalue weighted by Crippen LogP contribution is -2.41. The number of aromatic nitrogens is 2. The number of aromatic hydroxyl groups is 1. The number of nitrogens with zero attached hydrogens (tertiary/aromatic N) is 3. The van der Waals surface area contributed by atoms with Crippen LogP contribution in [0.15, 0.2) is 34.7 Å². The van der Waals surface area contributed by atoms with Crippen LogP contribution in [0.4, 0.5) is 17.3 Å². The summed E-state index contributed by atoms with van der Waals surface area (Å²) >= 11 is 0. The summed E-state index contributed by atoms with van der Waals surface area (Å²) in [5, 5.41) is 20.9. The number of nitrogens with one attached hydrogen (secondary N) is 2. The molecule has 4 rings (SSSR count). The van der Waals surface area contributed by atoms with Crippen molar-refractivity contribution in [2.75, 3.05) is 37.4 Å². The maximum atomic E-state index is 12.7. The van der Waals surface area contributed by atoms with Gasteiger partial charge in [-0.3, -0.25) is 10.1 Å². The first kappa shape index (κ1) is 26.4. The van der Waals surface area contributed by atoms with Crippen LogP contribution in [0, 0.1) is 12.8 Å². The number of benzene rings is 1. The highest BCUT2D eigenvalue weighted by Crippen LogP contribution is 2.32. The fourth-order valence-electron chi connectivity index (χ4n) is 3.58. The van der Waals surface area contributed by atoms with Crippen molar-refractivity contribution in [1.29, 1.82) is 0 Å². The molecule has 3 N–H and O–H groups in total. The monoisotopic (exact) mass is 472 g/mol. The second-order valence-electron chi connectivity index (χ2n) is 7.32. The van der Waals surface area contributed by atoms with Crippen LogP contribution in [0.2, 0.25) is 0 Å². The topological polar surface area (TPSA) is 113 Å². The Balaban J connectivity index is 0.000000970. The van der Waals surface area contributed by atoms with Crippen LogP contribution >= 0.6 is 0 Å². The molecule has 2 aliphatic heterocycles. The van der Waals surface area contributed by atoms with Crippen molar-refractivity contribution in [2.45, 2.75) is 46.1 Å². The minimum absolute atomic E-state index is 0.136. The number of para-hydroxylation sites is 1. The van der Waals surface area contributed by atoms with Gasteiger partial charge in [-0.1, -0.05) is 24.5 Å². The molecule has 1 fully saturated rings. The van der Waals surface area contributed by atoms with Crippen LogP contribution in [0.25, 0.3) is 0 Å². The maximum Gasteiger partial charge on any atom is 0.366 e. The molecule has 184 valence electrons. The largest absolute Gasteiger partial charge is 0.505 e. The van der Waals surface area contributed by atoms with Gasteiger partial charge in [0.2, 0.25) is 0 Å². The van der Waals surface area contributed by atoms with Crippen molar-refractivity contribution >= 4 is 23.2 Å². The Labute approximate surface area is 200 Å². The van der Waals surface area contributed by atoms with E-state index in [1.54, 1.807) is 23.1 Å². The number of hydrogen-bond donors (Lipinski definition) is 3. The van der Waals surface area contributed by atoms with Gasteiger partial charge < -0.3 is 24.9 Å². The summed E-state index contributed by atoms with van der Waals surface area (Å²) in [4.78, 5) is 20.7. The summed E-state index contributed by atoms with van der Waals surface area (Å²) in [5.74, 6) is 1.21. The standard InChI is InChI=1S/C20H25N5O5.C2H6.C2H2/c1-13-8-9-14(29-13)12-21-19-18(23-30-25(19)28-2)22-16-7-5-6-15(17(16)26)20(27)24-10-3-4-11-24;2*1-2/h5-7,9,13H,3-4,8,10-12H2,1-2H3,(H2,21,22,23,26,27);1-2H3;1-2H/p+1. The van der Waals surface area contributed by atoms with Gasteiger partial charge in [-0.25, -0.2) is 0 Å². The van der Waals surface area contributed by atoms with Crippen LogP contribution in [0.1, 0.15) is 50.4 Å². The van der Waals surface area contributed by atoms with Crippen LogP contribution < -0.4 is 20.4 Å². The SMILES string of the molecule is C#C.CC.CO[n+]1onc(Nc2cccc(C(=O)N3CCCC3)c2O)c1NCC1=CCC(C)O1. The number of terminal acetylenes is 1. The highest BCUT2D eigenvalue weighted by Gasteiger charge is 2.28. The van der Waals surface area contributed by atoms with Crippen molar-refractivity contribution < 1.29 is 29.0 Å². The van der Waals surface area contributed by atoms with E-state index in [1.807, 2.05) is 26.8 Å². The molecule has 1 atom stereocenters. The second kappa shape index (κ2) is 13.0. The number of likely N-dealkylation sites (tertiary alicyclic amines) is 1. The Kier molecular flexibility index (Phi) is 10.1. The molecule has 0 radical (unpaired) electrons. The Hall–Kier alpha value is -3.87. The summed E-state index contributed by atoms with van der Waals surface area (Å²) < 4.78 is 10.9. The molecule has 2 aromatic rings. The number of anilines is 3. The molecule has 1 saturated heterocycles. The highest BCUT2D eigenvalue weighted by atomic mass is 16.9. The van der Waals surface area contributed by atoms with E-state index in [0.717, 1.165) is 29.9 Å². The van der Waals surface area contributed by atoms with E-state index >= 15 is 0 Å². The second-order valence-corrected chi connectivity index (χ2v) is 7.32. The van der Waals surface area contributed by atoms with E-state index in [2.05, 4.69) is 28.6 Å². The van der Waals surface area contributed by atoms with Gasteiger partial charge in [0, 0.05) is 19.5 Å². The quantitative estimate of drug-likeness (QED) is 0.416. The first-order valence-corrected chi connectivity index (χ1v) is 11.3. The normalized spacial score (nSPS) is 16.2. The van der Waals surface area contributed by atoms with Gasteiger partial charge in [-0.15, -0.1) is 12.8 Å². The molecule has 0 bridgehead atoms. The average molecular weight is 473 g/mol. The van der Waals surface area contributed by atoms with Crippen molar-refractivity contribution in [3.63, 3.8) is 0 Å².